The molecule has 0 amide bonds. The van der Waals surface area contributed by atoms with Crippen LogP contribution in [0.4, 0.5) is 5.82 Å². The second-order valence-corrected chi connectivity index (χ2v) is 2.72. The summed E-state index contributed by atoms with van der Waals surface area (Å²) in [5, 5.41) is 7.93. The van der Waals surface area contributed by atoms with E-state index in [2.05, 4.69) is 15.2 Å². The lowest BCUT2D eigenvalue weighted by Gasteiger charge is -2.05. The highest BCUT2D eigenvalue weighted by atomic mass is 35.5. The lowest BCUT2D eigenvalue weighted by molar-refractivity contribution is 0.779. The summed E-state index contributed by atoms with van der Waals surface area (Å²) in [6.07, 6.45) is 1.80. The first-order valence-corrected chi connectivity index (χ1v) is 3.77. The molecule has 0 aromatic heterocycles. The summed E-state index contributed by atoms with van der Waals surface area (Å²) in [6.45, 7) is 0.623. The molecule has 0 saturated heterocycles. The number of aromatic nitrogens is 2. The number of pyridine rings is 1. The molecule has 5 heteroatoms. The predicted octanol–water partition coefficient (Wildman–Crippen LogP) is 2.46. The summed E-state index contributed by atoms with van der Waals surface area (Å²) < 4.78 is 2.04. The number of hydrogen-bond donors (Lipinski definition) is 0. The summed E-state index contributed by atoms with van der Waals surface area (Å²) in [5.74, 6) is 0.913. The van der Waals surface area contributed by atoms with Crippen molar-refractivity contribution in [3.05, 3.63) is 24.4 Å². The van der Waals surface area contributed by atoms with Crippen molar-refractivity contribution in [1.82, 2.24) is 9.55 Å². The molecule has 3 rings (SSSR count). The van der Waals surface area contributed by atoms with Crippen LogP contribution >= 0.6 is 12.4 Å². The van der Waals surface area contributed by atoms with Gasteiger partial charge in [-0.05, 0) is 18.2 Å². The predicted molar refractivity (Wildman–Crippen MR) is 50.6 cm³/mol. The van der Waals surface area contributed by atoms with Crippen LogP contribution in [-0.2, 0) is 6.67 Å². The number of hydrogen-bond acceptors (Lipinski definition) is 3. The molecule has 0 aromatic rings. The van der Waals surface area contributed by atoms with Crippen molar-refractivity contribution in [3.63, 3.8) is 0 Å². The van der Waals surface area contributed by atoms with Crippen LogP contribution in [0.1, 0.15) is 0 Å². The number of azo groups is 1. The Morgan fingerprint density at radius 1 is 1.23 bits per heavy atom. The molecule has 0 N–H and O–H groups in total. The molecule has 0 spiro atoms. The van der Waals surface area contributed by atoms with Gasteiger partial charge in [-0.15, -0.1) is 17.5 Å². The molecule has 0 atom stereocenters. The second-order valence-electron chi connectivity index (χ2n) is 2.72. The van der Waals surface area contributed by atoms with E-state index in [9.17, 15) is 0 Å². The quantitative estimate of drug-likeness (QED) is 0.635. The zero-order chi connectivity index (χ0) is 7.97. The lowest BCUT2D eigenvalue weighted by Crippen LogP contribution is -1.96. The molecule has 0 fully saturated rings. The van der Waals surface area contributed by atoms with E-state index in [-0.39, 0.29) is 12.4 Å². The third-order valence-electron chi connectivity index (χ3n) is 2.04. The second kappa shape index (κ2) is 2.81. The van der Waals surface area contributed by atoms with Crippen LogP contribution in [0.15, 0.2) is 34.6 Å². The minimum atomic E-state index is 0. The van der Waals surface area contributed by atoms with Crippen molar-refractivity contribution in [1.29, 1.82) is 0 Å². The van der Waals surface area contributed by atoms with Gasteiger partial charge in [0.1, 0.15) is 6.67 Å². The Balaban J connectivity index is 0.000000653. The van der Waals surface area contributed by atoms with Gasteiger partial charge in [0.15, 0.2) is 5.82 Å². The van der Waals surface area contributed by atoms with E-state index >= 15 is 0 Å². The first-order chi connectivity index (χ1) is 5.95. The van der Waals surface area contributed by atoms with Gasteiger partial charge in [0.2, 0.25) is 0 Å². The molecule has 0 unspecified atom stereocenters. The molecule has 0 aromatic carbocycles. The molecule has 0 aliphatic carbocycles. The van der Waals surface area contributed by atoms with Crippen LogP contribution in [0.25, 0.3) is 11.4 Å². The van der Waals surface area contributed by atoms with Crippen LogP contribution in [-0.4, -0.2) is 9.55 Å². The highest BCUT2D eigenvalue weighted by Gasteiger charge is 2.13. The van der Waals surface area contributed by atoms with E-state index in [1.165, 1.54) is 0 Å². The van der Waals surface area contributed by atoms with Gasteiger partial charge < -0.3 is 4.57 Å². The Labute approximate surface area is 81.1 Å². The smallest absolute Gasteiger partial charge is 0.157 e. The summed E-state index contributed by atoms with van der Waals surface area (Å²) in [4.78, 5) is 4.19. The first kappa shape index (κ1) is 8.19. The van der Waals surface area contributed by atoms with Gasteiger partial charge in [-0.1, -0.05) is 0 Å². The maximum Gasteiger partial charge on any atom is 0.157 e. The van der Waals surface area contributed by atoms with E-state index in [4.69, 9.17) is 0 Å². The molecule has 3 aliphatic heterocycles. The van der Waals surface area contributed by atoms with Crippen molar-refractivity contribution in [2.75, 3.05) is 0 Å². The molecule has 66 valence electrons. The van der Waals surface area contributed by atoms with Crippen LogP contribution < -0.4 is 0 Å². The highest BCUT2D eigenvalue weighted by Crippen LogP contribution is 2.29. The molecule has 3 heterocycles. The van der Waals surface area contributed by atoms with Gasteiger partial charge in [-0.3, -0.25) is 4.98 Å². The zero-order valence-electron chi connectivity index (χ0n) is 6.71. The van der Waals surface area contributed by atoms with Crippen molar-refractivity contribution in [2.24, 2.45) is 10.2 Å². The summed E-state index contributed by atoms with van der Waals surface area (Å²) in [7, 11) is 0. The van der Waals surface area contributed by atoms with E-state index in [0.717, 1.165) is 17.2 Å². The summed E-state index contributed by atoms with van der Waals surface area (Å²) in [5.41, 5.74) is 2.11. The Bertz CT molecular complexity index is 434. The van der Waals surface area contributed by atoms with Gasteiger partial charge in [0.05, 0.1) is 11.4 Å². The molecular weight excluding hydrogens is 188 g/mol. The SMILES string of the molecule is Cl.c1cc2n3c(ccc-2n1)N=NC3. The third-order valence-corrected chi connectivity index (χ3v) is 2.04. The molecule has 0 bridgehead atoms. The van der Waals surface area contributed by atoms with E-state index in [0.29, 0.717) is 6.67 Å². The van der Waals surface area contributed by atoms with Gasteiger partial charge in [-0.2, -0.15) is 5.11 Å². The first-order valence-electron chi connectivity index (χ1n) is 3.77. The van der Waals surface area contributed by atoms with E-state index in [1.54, 1.807) is 6.20 Å². The molecule has 0 radical (unpaired) electrons. The number of fused-ring (bicyclic) bond motifs is 3. The molecule has 4 nitrogen and oxygen atoms in total. The average molecular weight is 195 g/mol. The summed E-state index contributed by atoms with van der Waals surface area (Å²) in [6, 6.07) is 5.88. The van der Waals surface area contributed by atoms with Crippen molar-refractivity contribution in [2.45, 2.75) is 6.67 Å². The fourth-order valence-electron chi connectivity index (χ4n) is 1.47. The minimum Gasteiger partial charge on any atom is -0.301 e. The van der Waals surface area contributed by atoms with Gasteiger partial charge in [0, 0.05) is 6.20 Å². The number of halogens is 1. The topological polar surface area (TPSA) is 42.5 Å². The average Bonchev–Trinajstić information content (AvgIpc) is 2.71. The molecule has 0 saturated carbocycles. The zero-order valence-corrected chi connectivity index (χ0v) is 7.53. The maximum absolute atomic E-state index is 4.19. The molecule has 3 aliphatic rings. The number of rotatable bonds is 0. The highest BCUT2D eigenvalue weighted by molar-refractivity contribution is 5.85. The third kappa shape index (κ3) is 1.02. The van der Waals surface area contributed by atoms with E-state index in [1.807, 2.05) is 22.8 Å². The minimum absolute atomic E-state index is 0. The van der Waals surface area contributed by atoms with Crippen molar-refractivity contribution in [3.8, 4) is 11.4 Å². The fourth-order valence-corrected chi connectivity index (χ4v) is 1.47. The van der Waals surface area contributed by atoms with Crippen LogP contribution in [0.2, 0.25) is 0 Å². The van der Waals surface area contributed by atoms with Gasteiger partial charge in [0.25, 0.3) is 0 Å². The van der Waals surface area contributed by atoms with E-state index < -0.39 is 0 Å². The Hall–Kier alpha value is -1.42. The van der Waals surface area contributed by atoms with Crippen molar-refractivity contribution >= 4 is 18.2 Å². The summed E-state index contributed by atoms with van der Waals surface area (Å²) >= 11 is 0. The lowest BCUT2D eigenvalue weighted by atomic mass is 10.3. The van der Waals surface area contributed by atoms with Crippen LogP contribution in [0, 0.1) is 0 Å². The Morgan fingerprint density at radius 2 is 2.15 bits per heavy atom. The van der Waals surface area contributed by atoms with Gasteiger partial charge in [-0.25, -0.2) is 0 Å². The number of nitrogens with zero attached hydrogens (tertiary/aromatic N) is 4. The van der Waals surface area contributed by atoms with Crippen LogP contribution in [0.3, 0.4) is 0 Å². The Kier molecular flexibility index (Phi) is 1.77. The van der Waals surface area contributed by atoms with Crippen LogP contribution in [0.5, 0.6) is 0 Å². The molecule has 13 heavy (non-hydrogen) atoms. The van der Waals surface area contributed by atoms with Crippen molar-refractivity contribution < 1.29 is 0 Å². The largest absolute Gasteiger partial charge is 0.301 e. The maximum atomic E-state index is 4.19. The standard InChI is InChI=1S/C8H6N4.ClH/c1-2-8-11-10-5-12(8)7-3-4-9-6(1)7;/h1-4H,5H2;1H. The molecular formula is C8H7ClN4. The normalized spacial score (nSPS) is 12.9. The monoisotopic (exact) mass is 194 g/mol. The van der Waals surface area contributed by atoms with Gasteiger partial charge >= 0.3 is 0 Å². The Morgan fingerprint density at radius 3 is 3.08 bits per heavy atom. The fraction of sp³-hybridized carbons (Fsp3) is 0.125.